The Hall–Kier alpha value is -2.83. The average Bonchev–Trinajstić information content (AvgIpc) is 2.74. The summed E-state index contributed by atoms with van der Waals surface area (Å²) < 4.78 is 13.3. The molecule has 2 N–H and O–H groups in total. The van der Waals surface area contributed by atoms with Gasteiger partial charge < -0.3 is 10.6 Å². The molecule has 2 heterocycles. The lowest BCUT2D eigenvalue weighted by molar-refractivity contribution is 0.0949. The monoisotopic (exact) mass is 378 g/mol. The van der Waals surface area contributed by atoms with Gasteiger partial charge in [0.2, 0.25) is 0 Å². The van der Waals surface area contributed by atoms with E-state index in [1.54, 1.807) is 18.2 Å². The first-order chi connectivity index (χ1) is 13.7. The molecule has 6 heteroatoms. The first-order valence-corrected chi connectivity index (χ1v) is 9.58. The standard InChI is InChI=1S/C22H23FN4O/c23-17-7-5-16(6-8-17)21-15-19(18-3-1-2-4-20(18)26-21)22(28)25-11-14-27-12-9-24-10-13-27/h1-8,15,24H,9-14H2,(H,25,28). The largest absolute Gasteiger partial charge is 0.351 e. The second kappa shape index (κ2) is 8.46. The van der Waals surface area contributed by atoms with Crippen LogP contribution in [0.15, 0.2) is 54.6 Å². The van der Waals surface area contributed by atoms with Crippen molar-refractivity contribution in [3.63, 3.8) is 0 Å². The van der Waals surface area contributed by atoms with Crippen molar-refractivity contribution in [2.24, 2.45) is 0 Å². The van der Waals surface area contributed by atoms with Crippen LogP contribution in [0.25, 0.3) is 22.2 Å². The lowest BCUT2D eigenvalue weighted by Gasteiger charge is -2.27. The Bertz CT molecular complexity index is 968. The molecule has 1 aliphatic rings. The molecule has 1 aliphatic heterocycles. The molecule has 1 saturated heterocycles. The Morgan fingerprint density at radius 3 is 2.64 bits per heavy atom. The zero-order chi connectivity index (χ0) is 19.3. The Kier molecular flexibility index (Phi) is 5.60. The van der Waals surface area contributed by atoms with Crippen molar-refractivity contribution in [1.82, 2.24) is 20.5 Å². The van der Waals surface area contributed by atoms with E-state index in [0.717, 1.165) is 49.2 Å². The highest BCUT2D eigenvalue weighted by molar-refractivity contribution is 6.07. The van der Waals surface area contributed by atoms with Crippen LogP contribution >= 0.6 is 0 Å². The van der Waals surface area contributed by atoms with E-state index in [4.69, 9.17) is 0 Å². The fourth-order valence-electron chi connectivity index (χ4n) is 3.49. The molecule has 28 heavy (non-hydrogen) atoms. The average molecular weight is 378 g/mol. The maximum absolute atomic E-state index is 13.3. The summed E-state index contributed by atoms with van der Waals surface area (Å²) in [4.78, 5) is 19.9. The molecule has 5 nitrogen and oxygen atoms in total. The lowest BCUT2D eigenvalue weighted by Crippen LogP contribution is -2.46. The Morgan fingerprint density at radius 1 is 1.11 bits per heavy atom. The number of pyridine rings is 1. The van der Waals surface area contributed by atoms with Crippen LogP contribution in [0.1, 0.15) is 10.4 Å². The summed E-state index contributed by atoms with van der Waals surface area (Å²) in [7, 11) is 0. The van der Waals surface area contributed by atoms with Crippen LogP contribution in [0, 0.1) is 5.82 Å². The normalized spacial score (nSPS) is 14.9. The zero-order valence-corrected chi connectivity index (χ0v) is 15.6. The summed E-state index contributed by atoms with van der Waals surface area (Å²) in [6, 6.07) is 15.5. The number of carbonyl (C=O) groups excluding carboxylic acids is 1. The van der Waals surface area contributed by atoms with Crippen molar-refractivity contribution >= 4 is 16.8 Å². The summed E-state index contributed by atoms with van der Waals surface area (Å²) >= 11 is 0. The lowest BCUT2D eigenvalue weighted by atomic mass is 10.0. The second-order valence-electron chi connectivity index (χ2n) is 6.93. The van der Waals surface area contributed by atoms with Crippen LogP contribution < -0.4 is 10.6 Å². The van der Waals surface area contributed by atoms with Crippen LogP contribution in [0.3, 0.4) is 0 Å². The van der Waals surface area contributed by atoms with Crippen molar-refractivity contribution in [2.45, 2.75) is 0 Å². The van der Waals surface area contributed by atoms with Crippen molar-refractivity contribution in [3.8, 4) is 11.3 Å². The third kappa shape index (κ3) is 4.18. The number of piperazine rings is 1. The van der Waals surface area contributed by atoms with Crippen molar-refractivity contribution in [3.05, 3.63) is 66.0 Å². The van der Waals surface area contributed by atoms with Gasteiger partial charge in [-0.25, -0.2) is 9.37 Å². The van der Waals surface area contributed by atoms with Crippen molar-refractivity contribution in [2.75, 3.05) is 39.3 Å². The number of nitrogens with one attached hydrogen (secondary N) is 2. The van der Waals surface area contributed by atoms with Gasteiger partial charge in [0.05, 0.1) is 16.8 Å². The third-order valence-electron chi connectivity index (χ3n) is 5.02. The summed E-state index contributed by atoms with van der Waals surface area (Å²) in [6.07, 6.45) is 0. The van der Waals surface area contributed by atoms with E-state index in [-0.39, 0.29) is 11.7 Å². The molecule has 0 saturated carbocycles. The van der Waals surface area contributed by atoms with Crippen LogP contribution in [0.2, 0.25) is 0 Å². The summed E-state index contributed by atoms with van der Waals surface area (Å²) in [6.45, 7) is 5.42. The molecule has 0 aliphatic carbocycles. The highest BCUT2D eigenvalue weighted by atomic mass is 19.1. The highest BCUT2D eigenvalue weighted by Gasteiger charge is 2.15. The van der Waals surface area contributed by atoms with E-state index in [2.05, 4.69) is 20.5 Å². The number of carbonyl (C=O) groups is 1. The van der Waals surface area contributed by atoms with Crippen LogP contribution in [-0.2, 0) is 0 Å². The minimum Gasteiger partial charge on any atom is -0.351 e. The number of hydrogen-bond acceptors (Lipinski definition) is 4. The quantitative estimate of drug-likeness (QED) is 0.717. The Morgan fingerprint density at radius 2 is 1.86 bits per heavy atom. The SMILES string of the molecule is O=C(NCCN1CCNCC1)c1cc(-c2ccc(F)cc2)nc2ccccc12. The van der Waals surface area contributed by atoms with Crippen LogP contribution in [0.5, 0.6) is 0 Å². The molecule has 0 unspecified atom stereocenters. The van der Waals surface area contributed by atoms with Gasteiger partial charge in [-0.3, -0.25) is 9.69 Å². The van der Waals surface area contributed by atoms with E-state index < -0.39 is 0 Å². The highest BCUT2D eigenvalue weighted by Crippen LogP contribution is 2.25. The number of nitrogens with zero attached hydrogens (tertiary/aromatic N) is 2. The fraction of sp³-hybridized carbons (Fsp3) is 0.273. The Balaban J connectivity index is 1.57. The fourth-order valence-corrected chi connectivity index (χ4v) is 3.49. The van der Waals surface area contributed by atoms with Crippen molar-refractivity contribution in [1.29, 1.82) is 0 Å². The number of hydrogen-bond donors (Lipinski definition) is 2. The first-order valence-electron chi connectivity index (χ1n) is 9.58. The van der Waals surface area contributed by atoms with E-state index in [9.17, 15) is 9.18 Å². The predicted octanol–water partition coefficient (Wildman–Crippen LogP) is 2.68. The molecular formula is C22H23FN4O. The van der Waals surface area contributed by atoms with Gasteiger partial charge >= 0.3 is 0 Å². The number of aromatic nitrogens is 1. The number of rotatable bonds is 5. The smallest absolute Gasteiger partial charge is 0.252 e. The topological polar surface area (TPSA) is 57.3 Å². The molecule has 0 bridgehead atoms. The molecule has 0 spiro atoms. The molecule has 2 aromatic carbocycles. The van der Waals surface area contributed by atoms with Gasteiger partial charge in [0.25, 0.3) is 5.91 Å². The van der Waals surface area contributed by atoms with E-state index in [1.807, 2.05) is 24.3 Å². The maximum atomic E-state index is 13.3. The molecular weight excluding hydrogens is 355 g/mol. The molecule has 1 amide bonds. The van der Waals surface area contributed by atoms with Crippen LogP contribution in [0.4, 0.5) is 4.39 Å². The second-order valence-corrected chi connectivity index (χ2v) is 6.93. The number of fused-ring (bicyclic) bond motifs is 1. The number of amides is 1. The minimum absolute atomic E-state index is 0.114. The van der Waals surface area contributed by atoms with Gasteiger partial charge in [-0.2, -0.15) is 0 Å². The van der Waals surface area contributed by atoms with Gasteiger partial charge in [0, 0.05) is 50.2 Å². The molecule has 0 radical (unpaired) electrons. The van der Waals surface area contributed by atoms with Crippen LogP contribution in [-0.4, -0.2) is 55.1 Å². The summed E-state index contributed by atoms with van der Waals surface area (Å²) in [5.41, 5.74) is 2.77. The van der Waals surface area contributed by atoms with Crippen molar-refractivity contribution < 1.29 is 9.18 Å². The number of para-hydroxylation sites is 1. The van der Waals surface area contributed by atoms with E-state index in [1.165, 1.54) is 12.1 Å². The minimum atomic E-state index is -0.296. The van der Waals surface area contributed by atoms with Gasteiger partial charge in [0.15, 0.2) is 0 Å². The first kappa shape index (κ1) is 18.5. The zero-order valence-electron chi connectivity index (χ0n) is 15.6. The number of halogens is 1. The van der Waals surface area contributed by atoms with Gasteiger partial charge in [-0.05, 0) is 36.4 Å². The number of benzene rings is 2. The Labute approximate surface area is 163 Å². The molecule has 1 fully saturated rings. The molecule has 0 atom stereocenters. The predicted molar refractivity (Wildman–Crippen MR) is 109 cm³/mol. The van der Waals surface area contributed by atoms with Gasteiger partial charge in [-0.1, -0.05) is 18.2 Å². The van der Waals surface area contributed by atoms with E-state index in [0.29, 0.717) is 17.8 Å². The van der Waals surface area contributed by atoms with Gasteiger partial charge in [-0.15, -0.1) is 0 Å². The third-order valence-corrected chi connectivity index (χ3v) is 5.02. The summed E-state index contributed by atoms with van der Waals surface area (Å²) in [5, 5.41) is 7.18. The molecule has 144 valence electrons. The van der Waals surface area contributed by atoms with Gasteiger partial charge in [0.1, 0.15) is 5.82 Å². The molecule has 4 rings (SSSR count). The van der Waals surface area contributed by atoms with E-state index >= 15 is 0 Å². The maximum Gasteiger partial charge on any atom is 0.252 e. The summed E-state index contributed by atoms with van der Waals surface area (Å²) in [5.74, 6) is -0.410. The molecule has 1 aromatic heterocycles. The molecule has 3 aromatic rings.